The van der Waals surface area contributed by atoms with Crippen LogP contribution in [0.5, 0.6) is 5.75 Å². The molecule has 2 heterocycles. The number of tetrazole rings is 1. The van der Waals surface area contributed by atoms with Gasteiger partial charge < -0.3 is 10.1 Å². The number of benzene rings is 1. The van der Waals surface area contributed by atoms with Crippen LogP contribution >= 0.6 is 0 Å². The van der Waals surface area contributed by atoms with Gasteiger partial charge >= 0.3 is 0 Å². The minimum Gasteiger partial charge on any atom is -0.484 e. The molecule has 1 fully saturated rings. The van der Waals surface area contributed by atoms with Gasteiger partial charge in [-0.15, -0.1) is 5.10 Å². The summed E-state index contributed by atoms with van der Waals surface area (Å²) in [4.78, 5) is 12.0. The smallest absolute Gasteiger partial charge is 0.262 e. The van der Waals surface area contributed by atoms with Gasteiger partial charge in [-0.1, -0.05) is 0 Å². The van der Waals surface area contributed by atoms with Crippen LogP contribution in [0.4, 0.5) is 5.69 Å². The maximum atomic E-state index is 12.0. The second-order valence-electron chi connectivity index (χ2n) is 5.98. The largest absolute Gasteiger partial charge is 0.484 e. The lowest BCUT2D eigenvalue weighted by molar-refractivity contribution is -0.118. The van der Waals surface area contributed by atoms with Gasteiger partial charge in [-0.2, -0.15) is 5.10 Å². The number of carbonyl (C=O) groups is 1. The standard InChI is InChI=1S/C16H17N7O2/c24-16(19-13-7-18-22(9-13)8-12-1-2-12)10-25-15-5-3-14(4-6-15)23-11-17-20-21-23/h3-7,9,11-12H,1-2,8,10H2,(H,19,24). The molecule has 0 radical (unpaired) electrons. The number of nitrogens with one attached hydrogen (secondary N) is 1. The van der Waals surface area contributed by atoms with E-state index in [1.54, 1.807) is 18.3 Å². The van der Waals surface area contributed by atoms with Crippen molar-refractivity contribution in [3.05, 3.63) is 43.0 Å². The Balaban J connectivity index is 1.27. The van der Waals surface area contributed by atoms with Gasteiger partial charge in [-0.25, -0.2) is 4.68 Å². The summed E-state index contributed by atoms with van der Waals surface area (Å²) < 4.78 is 8.90. The van der Waals surface area contributed by atoms with Crippen molar-refractivity contribution in [1.82, 2.24) is 30.0 Å². The number of rotatable bonds is 7. The van der Waals surface area contributed by atoms with E-state index in [0.29, 0.717) is 11.4 Å². The third-order valence-electron chi connectivity index (χ3n) is 3.88. The summed E-state index contributed by atoms with van der Waals surface area (Å²) in [7, 11) is 0. The molecule has 1 aromatic carbocycles. The van der Waals surface area contributed by atoms with Crippen molar-refractivity contribution in [3.8, 4) is 11.4 Å². The first kappa shape index (κ1) is 15.3. The van der Waals surface area contributed by atoms with Crippen molar-refractivity contribution in [3.63, 3.8) is 0 Å². The Labute approximate surface area is 143 Å². The lowest BCUT2D eigenvalue weighted by atomic mass is 10.3. The summed E-state index contributed by atoms with van der Waals surface area (Å²) in [5, 5.41) is 18.0. The number of anilines is 1. The summed E-state index contributed by atoms with van der Waals surface area (Å²) in [5.74, 6) is 1.11. The normalized spacial score (nSPS) is 13.6. The molecule has 1 saturated carbocycles. The molecular formula is C16H17N7O2. The Morgan fingerprint density at radius 1 is 1.28 bits per heavy atom. The topological polar surface area (TPSA) is 99.8 Å². The number of hydrogen-bond donors (Lipinski definition) is 1. The second kappa shape index (κ2) is 6.71. The molecule has 0 unspecified atom stereocenters. The summed E-state index contributed by atoms with van der Waals surface area (Å²) in [6.07, 6.45) is 7.54. The van der Waals surface area contributed by atoms with Crippen molar-refractivity contribution in [2.75, 3.05) is 11.9 Å². The van der Waals surface area contributed by atoms with Crippen LogP contribution in [0.1, 0.15) is 12.8 Å². The Morgan fingerprint density at radius 2 is 2.12 bits per heavy atom. The number of carbonyl (C=O) groups excluding carboxylic acids is 1. The number of amides is 1. The number of nitrogens with zero attached hydrogens (tertiary/aromatic N) is 6. The molecule has 0 bridgehead atoms. The highest BCUT2D eigenvalue weighted by molar-refractivity contribution is 5.91. The van der Waals surface area contributed by atoms with Gasteiger partial charge in [-0.3, -0.25) is 9.48 Å². The van der Waals surface area contributed by atoms with E-state index in [2.05, 4.69) is 25.9 Å². The van der Waals surface area contributed by atoms with Crippen LogP contribution in [0.3, 0.4) is 0 Å². The average molecular weight is 339 g/mol. The quantitative estimate of drug-likeness (QED) is 0.696. The highest BCUT2D eigenvalue weighted by atomic mass is 16.5. The van der Waals surface area contributed by atoms with Crippen LogP contribution in [0.25, 0.3) is 5.69 Å². The molecule has 9 heteroatoms. The van der Waals surface area contributed by atoms with E-state index in [-0.39, 0.29) is 12.5 Å². The molecule has 9 nitrogen and oxygen atoms in total. The zero-order valence-electron chi connectivity index (χ0n) is 13.4. The van der Waals surface area contributed by atoms with Crippen LogP contribution in [0.15, 0.2) is 43.0 Å². The van der Waals surface area contributed by atoms with Crippen LogP contribution in [-0.2, 0) is 11.3 Å². The van der Waals surface area contributed by atoms with Gasteiger partial charge in [0.2, 0.25) is 0 Å². The average Bonchev–Trinajstić information content (AvgIpc) is 3.09. The molecule has 1 aliphatic rings. The van der Waals surface area contributed by atoms with E-state index in [9.17, 15) is 4.79 Å². The predicted molar refractivity (Wildman–Crippen MR) is 88.2 cm³/mol. The van der Waals surface area contributed by atoms with Crippen molar-refractivity contribution in [2.45, 2.75) is 19.4 Å². The molecule has 3 aromatic rings. The number of aromatic nitrogens is 6. The first-order valence-corrected chi connectivity index (χ1v) is 8.05. The van der Waals surface area contributed by atoms with Crippen LogP contribution in [0.2, 0.25) is 0 Å². The Bertz CT molecular complexity index is 838. The summed E-state index contributed by atoms with van der Waals surface area (Å²) in [6.45, 7) is 0.845. The predicted octanol–water partition coefficient (Wildman–Crippen LogP) is 1.29. The van der Waals surface area contributed by atoms with Crippen molar-refractivity contribution in [1.29, 1.82) is 0 Å². The maximum Gasteiger partial charge on any atom is 0.262 e. The van der Waals surface area contributed by atoms with E-state index in [0.717, 1.165) is 18.2 Å². The molecule has 1 amide bonds. The lowest BCUT2D eigenvalue weighted by Gasteiger charge is -2.07. The molecule has 0 aliphatic heterocycles. The maximum absolute atomic E-state index is 12.0. The SMILES string of the molecule is O=C(COc1ccc(-n2cnnn2)cc1)Nc1cnn(CC2CC2)c1. The Hall–Kier alpha value is -3.23. The minimum absolute atomic E-state index is 0.0714. The summed E-state index contributed by atoms with van der Waals surface area (Å²) >= 11 is 0. The van der Waals surface area contributed by atoms with Crippen molar-refractivity contribution < 1.29 is 9.53 Å². The van der Waals surface area contributed by atoms with Gasteiger partial charge in [0.25, 0.3) is 5.91 Å². The molecule has 25 heavy (non-hydrogen) atoms. The lowest BCUT2D eigenvalue weighted by Crippen LogP contribution is -2.19. The fourth-order valence-corrected chi connectivity index (χ4v) is 2.41. The zero-order valence-corrected chi connectivity index (χ0v) is 13.4. The van der Waals surface area contributed by atoms with Gasteiger partial charge in [-0.05, 0) is 53.5 Å². The van der Waals surface area contributed by atoms with Crippen LogP contribution in [-0.4, -0.2) is 42.5 Å². The van der Waals surface area contributed by atoms with Gasteiger partial charge in [0.15, 0.2) is 6.61 Å². The highest BCUT2D eigenvalue weighted by Gasteiger charge is 2.22. The number of ether oxygens (including phenoxy) is 1. The van der Waals surface area contributed by atoms with Crippen molar-refractivity contribution in [2.24, 2.45) is 5.92 Å². The first-order chi connectivity index (χ1) is 12.3. The van der Waals surface area contributed by atoms with Crippen molar-refractivity contribution >= 4 is 11.6 Å². The highest BCUT2D eigenvalue weighted by Crippen LogP contribution is 2.30. The van der Waals surface area contributed by atoms with E-state index in [1.807, 2.05) is 23.0 Å². The Kier molecular flexibility index (Phi) is 4.11. The van der Waals surface area contributed by atoms with E-state index in [4.69, 9.17) is 4.74 Å². The second-order valence-corrected chi connectivity index (χ2v) is 5.98. The molecule has 0 spiro atoms. The van der Waals surface area contributed by atoms with Crippen LogP contribution < -0.4 is 10.1 Å². The monoisotopic (exact) mass is 339 g/mol. The van der Waals surface area contributed by atoms with Gasteiger partial charge in [0.05, 0.1) is 17.6 Å². The van der Waals surface area contributed by atoms with Gasteiger partial charge in [0, 0.05) is 12.7 Å². The molecule has 4 rings (SSSR count). The van der Waals surface area contributed by atoms with E-state index in [1.165, 1.54) is 23.9 Å². The summed E-state index contributed by atoms with van der Waals surface area (Å²) in [5.41, 5.74) is 1.49. The van der Waals surface area contributed by atoms with Crippen LogP contribution in [0, 0.1) is 5.92 Å². The third-order valence-corrected chi connectivity index (χ3v) is 3.88. The molecular weight excluding hydrogens is 322 g/mol. The first-order valence-electron chi connectivity index (χ1n) is 8.05. The molecule has 0 atom stereocenters. The molecule has 1 aliphatic carbocycles. The minimum atomic E-state index is -0.226. The fourth-order valence-electron chi connectivity index (χ4n) is 2.41. The van der Waals surface area contributed by atoms with E-state index < -0.39 is 0 Å². The third kappa shape index (κ3) is 4.00. The molecule has 128 valence electrons. The molecule has 2 aromatic heterocycles. The van der Waals surface area contributed by atoms with E-state index >= 15 is 0 Å². The Morgan fingerprint density at radius 3 is 2.84 bits per heavy atom. The number of hydrogen-bond acceptors (Lipinski definition) is 6. The molecule has 1 N–H and O–H groups in total. The zero-order chi connectivity index (χ0) is 17.1. The van der Waals surface area contributed by atoms with Gasteiger partial charge in [0.1, 0.15) is 12.1 Å². The fraction of sp³-hybridized carbons (Fsp3) is 0.312. The summed E-state index contributed by atoms with van der Waals surface area (Å²) in [6, 6.07) is 7.15. The molecule has 0 saturated heterocycles.